The second-order valence-electron chi connectivity index (χ2n) is 4.87. The molecular formula is C17H16N2O5. The number of carbonyl (C=O) groups excluding carboxylic acids is 1. The first-order chi connectivity index (χ1) is 11.0. The smallest absolute Gasteiger partial charge is 0.273 e. The first-order valence-electron chi connectivity index (χ1n) is 6.75. The third-order valence-electron chi connectivity index (χ3n) is 3.27. The highest BCUT2D eigenvalue weighted by molar-refractivity contribution is 5.93. The molecule has 0 saturated heterocycles. The van der Waals surface area contributed by atoms with E-state index < -0.39 is 16.3 Å². The van der Waals surface area contributed by atoms with Crippen molar-refractivity contribution < 1.29 is 10.3 Å². The van der Waals surface area contributed by atoms with Gasteiger partial charge >= 0.3 is 0 Å². The van der Waals surface area contributed by atoms with Gasteiger partial charge in [0.05, 0.1) is 0 Å². The maximum Gasteiger partial charge on any atom is 0.273 e. The van der Waals surface area contributed by atoms with Crippen LogP contribution < -0.4 is 27.6 Å². The van der Waals surface area contributed by atoms with Gasteiger partial charge in [0.15, 0.2) is 0 Å². The largest absolute Gasteiger partial charge is 0.412 e. The minimum absolute atomic E-state index is 0. The minimum Gasteiger partial charge on any atom is -0.412 e. The molecule has 124 valence electrons. The summed E-state index contributed by atoms with van der Waals surface area (Å²) < 4.78 is 0. The molecule has 0 radical (unpaired) electrons. The summed E-state index contributed by atoms with van der Waals surface area (Å²) in [5.74, 6) is 4.68. The number of nitrogens with one attached hydrogen (secondary N) is 1. The summed E-state index contributed by atoms with van der Waals surface area (Å²) in [6.07, 6.45) is 0. The van der Waals surface area contributed by atoms with E-state index in [1.54, 1.807) is 24.3 Å². The van der Waals surface area contributed by atoms with Crippen LogP contribution in [0.5, 0.6) is 0 Å². The van der Waals surface area contributed by atoms with E-state index in [1.807, 2.05) is 19.1 Å². The van der Waals surface area contributed by atoms with Crippen LogP contribution in [0.15, 0.2) is 62.9 Å². The molecule has 0 spiro atoms. The molecule has 0 fully saturated rings. The fourth-order valence-electron chi connectivity index (χ4n) is 2.02. The lowest BCUT2D eigenvalue weighted by molar-refractivity contribution is 0.0953. The number of hydrogen-bond acceptors (Lipinski definition) is 5. The van der Waals surface area contributed by atoms with E-state index in [0.29, 0.717) is 5.56 Å². The van der Waals surface area contributed by atoms with Crippen molar-refractivity contribution in [2.75, 3.05) is 0 Å². The van der Waals surface area contributed by atoms with E-state index >= 15 is 0 Å². The van der Waals surface area contributed by atoms with Crippen molar-refractivity contribution in [1.29, 1.82) is 0 Å². The molecule has 0 saturated carbocycles. The normalized spacial score (nSPS) is 9.58. The van der Waals surface area contributed by atoms with E-state index in [0.717, 1.165) is 5.56 Å². The zero-order chi connectivity index (χ0) is 17.0. The minimum atomic E-state index is -0.920. The Kier molecular flexibility index (Phi) is 6.22. The number of hydrazine groups is 1. The number of aryl methyl sites for hydroxylation is 1. The van der Waals surface area contributed by atoms with Crippen LogP contribution in [0, 0.1) is 6.92 Å². The van der Waals surface area contributed by atoms with E-state index in [1.165, 1.54) is 12.1 Å². The van der Waals surface area contributed by atoms with Crippen LogP contribution in [-0.2, 0) is 0 Å². The molecule has 7 nitrogen and oxygen atoms in total. The van der Waals surface area contributed by atoms with Crippen molar-refractivity contribution in [3.8, 4) is 0 Å². The molecule has 0 heterocycles. The van der Waals surface area contributed by atoms with Crippen LogP contribution in [0.4, 0.5) is 0 Å². The molecule has 0 aliphatic carbocycles. The molecule has 0 unspecified atom stereocenters. The molecule has 24 heavy (non-hydrogen) atoms. The average molecular weight is 328 g/mol. The number of benzene rings is 2. The number of amides is 1. The highest BCUT2D eigenvalue weighted by atomic mass is 16.2. The molecule has 3 rings (SSSR count). The Morgan fingerprint density at radius 2 is 1.29 bits per heavy atom. The second-order valence-corrected chi connectivity index (χ2v) is 4.87. The van der Waals surface area contributed by atoms with Crippen molar-refractivity contribution in [2.24, 2.45) is 5.84 Å². The predicted octanol–water partition coefficient (Wildman–Crippen LogP) is -0.430. The Labute approximate surface area is 136 Å². The third kappa shape index (κ3) is 3.78. The van der Waals surface area contributed by atoms with Crippen molar-refractivity contribution in [2.45, 2.75) is 6.92 Å². The first kappa shape index (κ1) is 18.9. The van der Waals surface area contributed by atoms with Gasteiger partial charge in [-0.2, -0.15) is 0 Å². The molecule has 7 heteroatoms. The van der Waals surface area contributed by atoms with Gasteiger partial charge < -0.3 is 5.48 Å². The lowest BCUT2D eigenvalue weighted by atomic mass is 10.1. The van der Waals surface area contributed by atoms with Crippen LogP contribution in [0.25, 0.3) is 10.8 Å². The highest BCUT2D eigenvalue weighted by Crippen LogP contribution is 2.02. The molecule has 0 atom stereocenters. The number of hydrogen-bond donors (Lipinski definition) is 2. The van der Waals surface area contributed by atoms with E-state index in [9.17, 15) is 19.2 Å². The van der Waals surface area contributed by atoms with E-state index in [2.05, 4.69) is 5.43 Å². The van der Waals surface area contributed by atoms with Crippen molar-refractivity contribution >= 4 is 16.7 Å². The van der Waals surface area contributed by atoms with E-state index in [-0.39, 0.29) is 22.2 Å². The van der Waals surface area contributed by atoms with Crippen molar-refractivity contribution in [3.63, 3.8) is 0 Å². The Morgan fingerprint density at radius 3 is 1.71 bits per heavy atom. The zero-order valence-corrected chi connectivity index (χ0v) is 12.8. The quantitative estimate of drug-likeness (QED) is 0.270. The SMILES string of the molecule is Cc1ccc(C(=O)NN)cc1.O.O=c1c(=O)c2ccccc2c1=O. The van der Waals surface area contributed by atoms with Gasteiger partial charge in [-0.25, -0.2) is 5.84 Å². The predicted molar refractivity (Wildman–Crippen MR) is 91.6 cm³/mol. The van der Waals surface area contributed by atoms with Gasteiger partial charge in [0.1, 0.15) is 0 Å². The van der Waals surface area contributed by atoms with Crippen molar-refractivity contribution in [3.05, 3.63) is 90.3 Å². The molecule has 5 N–H and O–H groups in total. The number of fused-ring (bicyclic) bond motifs is 1. The fraction of sp³-hybridized carbons (Fsp3) is 0.0588. The van der Waals surface area contributed by atoms with Crippen LogP contribution in [0.2, 0.25) is 0 Å². The van der Waals surface area contributed by atoms with Crippen LogP contribution in [-0.4, -0.2) is 11.4 Å². The summed E-state index contributed by atoms with van der Waals surface area (Å²) in [7, 11) is 0. The van der Waals surface area contributed by atoms with Crippen molar-refractivity contribution in [1.82, 2.24) is 5.43 Å². The van der Waals surface area contributed by atoms with Crippen LogP contribution in [0.3, 0.4) is 0 Å². The number of carbonyl (C=O) groups is 1. The monoisotopic (exact) mass is 328 g/mol. The highest BCUT2D eigenvalue weighted by Gasteiger charge is 2.09. The van der Waals surface area contributed by atoms with Gasteiger partial charge in [0.2, 0.25) is 10.9 Å². The molecule has 3 aromatic carbocycles. The Hall–Kier alpha value is -3.16. The number of nitrogen functional groups attached to an aromatic ring is 1. The standard InChI is InChI=1S/C9H4O3.C8H10N2O.H2O/c10-7-5-3-1-2-4-6(5)8(11)9(7)12;1-6-2-4-7(5-3-6)8(11)10-9;/h1-4H;2-5H,9H2,1H3,(H,10,11);1H2. The molecule has 1 amide bonds. The Balaban J connectivity index is 0.000000232. The molecule has 3 aromatic rings. The van der Waals surface area contributed by atoms with Gasteiger partial charge in [-0.15, -0.1) is 0 Å². The molecule has 0 aromatic heterocycles. The summed E-state index contributed by atoms with van der Waals surface area (Å²) in [5, 5.41) is 0.458. The maximum absolute atomic E-state index is 11.0. The van der Waals surface area contributed by atoms with Gasteiger partial charge in [-0.1, -0.05) is 42.0 Å². The molecule has 0 bridgehead atoms. The summed E-state index contributed by atoms with van der Waals surface area (Å²) in [6.45, 7) is 1.96. The second kappa shape index (κ2) is 7.91. The lowest BCUT2D eigenvalue weighted by Gasteiger charge is -1.98. The number of rotatable bonds is 1. The van der Waals surface area contributed by atoms with Crippen LogP contribution in [0.1, 0.15) is 15.9 Å². The Bertz CT molecular complexity index is 936. The van der Waals surface area contributed by atoms with Gasteiger partial charge in [0.25, 0.3) is 11.3 Å². The molecule has 0 aliphatic heterocycles. The number of nitrogens with two attached hydrogens (primary N) is 1. The first-order valence-corrected chi connectivity index (χ1v) is 6.75. The molecule has 0 aliphatic rings. The summed E-state index contributed by atoms with van der Waals surface area (Å²) in [5.41, 5.74) is 1.48. The van der Waals surface area contributed by atoms with Crippen LogP contribution >= 0.6 is 0 Å². The molecular weight excluding hydrogens is 312 g/mol. The fourth-order valence-corrected chi connectivity index (χ4v) is 2.02. The summed E-state index contributed by atoms with van der Waals surface area (Å²) in [4.78, 5) is 43.8. The van der Waals surface area contributed by atoms with E-state index in [4.69, 9.17) is 5.84 Å². The lowest BCUT2D eigenvalue weighted by Crippen LogP contribution is -2.29. The summed E-state index contributed by atoms with van der Waals surface area (Å²) in [6, 6.07) is 13.4. The average Bonchev–Trinajstić information content (AvgIpc) is 2.80. The van der Waals surface area contributed by atoms with Gasteiger partial charge in [0, 0.05) is 16.3 Å². The maximum atomic E-state index is 11.0. The third-order valence-corrected chi connectivity index (χ3v) is 3.27. The topological polar surface area (TPSA) is 138 Å². The summed E-state index contributed by atoms with van der Waals surface area (Å²) >= 11 is 0. The van der Waals surface area contributed by atoms with Gasteiger partial charge in [-0.05, 0) is 19.1 Å². The zero-order valence-electron chi connectivity index (χ0n) is 12.8. The van der Waals surface area contributed by atoms with Gasteiger partial charge in [-0.3, -0.25) is 24.6 Å². The Morgan fingerprint density at radius 1 is 0.833 bits per heavy atom.